The fourth-order valence-electron chi connectivity index (χ4n) is 9.86. The number of hydrogen-bond donors (Lipinski definition) is 0. The molecule has 6 aromatic rings. The molecule has 1 spiro atoms. The number of nitrogens with zero attached hydrogens (tertiary/aromatic N) is 4. The van der Waals surface area contributed by atoms with Gasteiger partial charge < -0.3 is 0 Å². The van der Waals surface area contributed by atoms with Crippen molar-refractivity contribution in [3.8, 4) is 45.3 Å². The molecule has 4 bridgehead atoms. The van der Waals surface area contributed by atoms with E-state index in [1.54, 1.807) is 0 Å². The summed E-state index contributed by atoms with van der Waals surface area (Å²) < 4.78 is 0. The Labute approximate surface area is 257 Å². The second kappa shape index (κ2) is 9.15. The van der Waals surface area contributed by atoms with Gasteiger partial charge in [-0.25, -0.2) is 15.0 Å². The molecular formula is C40H32N4. The van der Waals surface area contributed by atoms with Gasteiger partial charge >= 0.3 is 0 Å². The minimum atomic E-state index is 0.00308. The fraction of sp³-hybridized carbons (Fsp3) is 0.250. The van der Waals surface area contributed by atoms with Gasteiger partial charge in [-0.3, -0.25) is 4.98 Å². The minimum absolute atomic E-state index is 0.00308. The number of pyridine rings is 1. The Morgan fingerprint density at radius 1 is 0.523 bits per heavy atom. The molecule has 0 unspecified atom stereocenters. The van der Waals surface area contributed by atoms with Crippen molar-refractivity contribution >= 4 is 10.8 Å². The molecule has 4 heteroatoms. The summed E-state index contributed by atoms with van der Waals surface area (Å²) in [5.74, 6) is 5.24. The van der Waals surface area contributed by atoms with Crippen LogP contribution in [0.3, 0.4) is 0 Å². The summed E-state index contributed by atoms with van der Waals surface area (Å²) in [4.78, 5) is 20.6. The Morgan fingerprint density at radius 2 is 1.20 bits per heavy atom. The summed E-state index contributed by atoms with van der Waals surface area (Å²) in [5.41, 5.74) is 8.57. The predicted molar refractivity (Wildman–Crippen MR) is 175 cm³/mol. The van der Waals surface area contributed by atoms with Crippen LogP contribution in [-0.4, -0.2) is 19.9 Å². The largest absolute Gasteiger partial charge is 0.260 e. The molecule has 5 aliphatic rings. The third-order valence-corrected chi connectivity index (χ3v) is 11.3. The van der Waals surface area contributed by atoms with Crippen LogP contribution in [-0.2, 0) is 5.41 Å². The maximum absolute atomic E-state index is 5.21. The van der Waals surface area contributed by atoms with E-state index in [1.807, 2.05) is 24.4 Å². The molecule has 4 fully saturated rings. The molecule has 0 aliphatic heterocycles. The molecule has 0 atom stereocenters. The summed E-state index contributed by atoms with van der Waals surface area (Å²) >= 11 is 0. The second-order valence-corrected chi connectivity index (χ2v) is 13.5. The third-order valence-electron chi connectivity index (χ3n) is 11.3. The molecule has 0 saturated heterocycles. The van der Waals surface area contributed by atoms with E-state index in [4.69, 9.17) is 19.9 Å². The van der Waals surface area contributed by atoms with E-state index >= 15 is 0 Å². The van der Waals surface area contributed by atoms with Crippen molar-refractivity contribution in [1.82, 2.24) is 19.9 Å². The first kappa shape index (κ1) is 24.7. The first-order valence-corrected chi connectivity index (χ1v) is 16.2. The van der Waals surface area contributed by atoms with Gasteiger partial charge in [-0.15, -0.1) is 0 Å². The molecule has 0 amide bonds. The van der Waals surface area contributed by atoms with Crippen molar-refractivity contribution < 1.29 is 0 Å². The summed E-state index contributed by atoms with van der Waals surface area (Å²) in [6.07, 6.45) is 8.80. The van der Waals surface area contributed by atoms with Crippen molar-refractivity contribution in [2.75, 3.05) is 0 Å². The van der Waals surface area contributed by atoms with E-state index in [0.29, 0.717) is 23.5 Å². The second-order valence-electron chi connectivity index (χ2n) is 13.5. The molecule has 0 radical (unpaired) electrons. The Kier molecular flexibility index (Phi) is 5.14. The van der Waals surface area contributed by atoms with Crippen LogP contribution >= 0.6 is 0 Å². The highest BCUT2D eigenvalue weighted by Gasteiger charge is 2.62. The van der Waals surface area contributed by atoms with Gasteiger partial charge in [0.25, 0.3) is 0 Å². The van der Waals surface area contributed by atoms with Gasteiger partial charge in [-0.2, -0.15) is 0 Å². The van der Waals surface area contributed by atoms with Crippen LogP contribution in [0.1, 0.15) is 43.4 Å². The average Bonchev–Trinajstić information content (AvgIpc) is 3.37. The van der Waals surface area contributed by atoms with Crippen molar-refractivity contribution in [2.24, 2.45) is 23.7 Å². The van der Waals surface area contributed by atoms with Gasteiger partial charge in [0, 0.05) is 33.9 Å². The summed E-state index contributed by atoms with van der Waals surface area (Å²) in [6.45, 7) is 0. The topological polar surface area (TPSA) is 51.6 Å². The first-order valence-electron chi connectivity index (χ1n) is 16.2. The summed E-state index contributed by atoms with van der Waals surface area (Å²) in [6, 6.07) is 36.6. The van der Waals surface area contributed by atoms with Crippen LogP contribution in [0, 0.1) is 23.7 Å². The van der Waals surface area contributed by atoms with Crippen LogP contribution in [0.4, 0.5) is 0 Å². The normalized spacial score (nSPS) is 25.8. The first-order chi connectivity index (χ1) is 21.8. The highest BCUT2D eigenvalue weighted by atomic mass is 15.0. The monoisotopic (exact) mass is 568 g/mol. The fourth-order valence-corrected chi connectivity index (χ4v) is 9.86. The van der Waals surface area contributed by atoms with Crippen LogP contribution < -0.4 is 0 Å². The molecule has 4 nitrogen and oxygen atoms in total. The molecule has 2 heterocycles. The van der Waals surface area contributed by atoms with Gasteiger partial charge in [-0.05, 0) is 89.8 Å². The van der Waals surface area contributed by atoms with Crippen molar-refractivity contribution in [1.29, 1.82) is 0 Å². The maximum Gasteiger partial charge on any atom is 0.164 e. The summed E-state index contributed by atoms with van der Waals surface area (Å²) in [5, 5.41) is 2.33. The lowest BCUT2D eigenvalue weighted by atomic mass is 9.43. The lowest BCUT2D eigenvalue weighted by Gasteiger charge is -2.60. The number of rotatable bonds is 3. The highest BCUT2D eigenvalue weighted by Crippen LogP contribution is 2.69. The van der Waals surface area contributed by atoms with E-state index in [-0.39, 0.29) is 5.41 Å². The smallest absolute Gasteiger partial charge is 0.164 e. The standard InChI is InChI=1S/C40H32N4/c1-2-9-27(10-3-1)37-42-38(44-39(43-37)34-13-6-11-26-8-4-5-12-31(26)34)28-15-16-32-33-14-7-17-41-36(33)40(35(32)23-28)29-19-24-18-25(21-29)22-30(40)20-24/h1-17,23-25,29-30H,18-22H2. The Balaban J connectivity index is 1.19. The molecule has 11 rings (SSSR count). The maximum atomic E-state index is 5.21. The zero-order valence-corrected chi connectivity index (χ0v) is 24.5. The lowest BCUT2D eigenvalue weighted by Crippen LogP contribution is -2.55. The highest BCUT2D eigenvalue weighted by molar-refractivity contribution is 5.95. The number of hydrogen-bond acceptors (Lipinski definition) is 4. The SMILES string of the molecule is c1ccc(-c2nc(-c3ccc4c(c3)C3(c5ncccc5-4)C4CC5CC(C4)CC3C5)nc(-c3cccc4ccccc34)n2)cc1. The van der Waals surface area contributed by atoms with E-state index in [2.05, 4.69) is 84.9 Å². The quantitative estimate of drug-likeness (QED) is 0.214. The molecule has 44 heavy (non-hydrogen) atoms. The van der Waals surface area contributed by atoms with Crippen molar-refractivity contribution in [3.05, 3.63) is 121 Å². The molecule has 0 N–H and O–H groups in total. The van der Waals surface area contributed by atoms with Gasteiger partial charge in [0.15, 0.2) is 17.5 Å². The van der Waals surface area contributed by atoms with Gasteiger partial charge in [0.2, 0.25) is 0 Å². The molecule has 4 aromatic carbocycles. The zero-order chi connectivity index (χ0) is 28.8. The van der Waals surface area contributed by atoms with Gasteiger partial charge in [0.1, 0.15) is 0 Å². The van der Waals surface area contributed by atoms with Crippen LogP contribution in [0.25, 0.3) is 56.1 Å². The van der Waals surface area contributed by atoms with Gasteiger partial charge in [0.05, 0.1) is 5.69 Å². The van der Waals surface area contributed by atoms with Crippen LogP contribution in [0.2, 0.25) is 0 Å². The Morgan fingerprint density at radius 3 is 2.02 bits per heavy atom. The Bertz CT molecular complexity index is 2070. The Hall–Kier alpha value is -4.70. The number of fused-ring (bicyclic) bond motifs is 4. The third kappa shape index (κ3) is 3.40. The van der Waals surface area contributed by atoms with E-state index < -0.39 is 0 Å². The van der Waals surface area contributed by atoms with E-state index in [0.717, 1.165) is 39.7 Å². The lowest BCUT2D eigenvalue weighted by molar-refractivity contribution is -0.0415. The van der Waals surface area contributed by atoms with Crippen molar-refractivity contribution in [3.63, 3.8) is 0 Å². The number of benzene rings is 4. The van der Waals surface area contributed by atoms with Crippen molar-refractivity contribution in [2.45, 2.75) is 37.5 Å². The molecular weight excluding hydrogens is 536 g/mol. The molecule has 2 aromatic heterocycles. The zero-order valence-electron chi connectivity index (χ0n) is 24.5. The van der Waals surface area contributed by atoms with E-state index in [9.17, 15) is 0 Å². The summed E-state index contributed by atoms with van der Waals surface area (Å²) in [7, 11) is 0. The van der Waals surface area contributed by atoms with E-state index in [1.165, 1.54) is 59.9 Å². The van der Waals surface area contributed by atoms with Crippen LogP contribution in [0.15, 0.2) is 109 Å². The average molecular weight is 569 g/mol. The molecule has 4 saturated carbocycles. The van der Waals surface area contributed by atoms with Gasteiger partial charge in [-0.1, -0.05) is 91.0 Å². The predicted octanol–water partition coefficient (Wildman–Crippen LogP) is 9.14. The molecule has 5 aliphatic carbocycles. The number of aromatic nitrogens is 4. The van der Waals surface area contributed by atoms with Crippen LogP contribution in [0.5, 0.6) is 0 Å². The minimum Gasteiger partial charge on any atom is -0.260 e. The molecule has 212 valence electrons.